The molecule has 3 aromatic rings. The summed E-state index contributed by atoms with van der Waals surface area (Å²) in [7, 11) is 0. The minimum absolute atomic E-state index is 0.746. The van der Waals surface area contributed by atoms with E-state index in [1.807, 2.05) is 32.3 Å². The van der Waals surface area contributed by atoms with Gasteiger partial charge in [0.2, 0.25) is 0 Å². The second-order valence-corrected chi connectivity index (χ2v) is 4.68. The van der Waals surface area contributed by atoms with Crippen molar-refractivity contribution in [2.75, 3.05) is 5.32 Å². The molecule has 4 nitrogen and oxygen atoms in total. The summed E-state index contributed by atoms with van der Waals surface area (Å²) in [5.41, 5.74) is 4.32. The number of hydrogen-bond donors (Lipinski definition) is 2. The van der Waals surface area contributed by atoms with E-state index in [-0.39, 0.29) is 0 Å². The fourth-order valence-corrected chi connectivity index (χ4v) is 2.31. The highest BCUT2D eigenvalue weighted by molar-refractivity contribution is 5.84. The van der Waals surface area contributed by atoms with Crippen LogP contribution in [-0.4, -0.2) is 15.2 Å². The molecule has 3 rings (SSSR count). The van der Waals surface area contributed by atoms with E-state index in [4.69, 9.17) is 0 Å². The van der Waals surface area contributed by atoms with Gasteiger partial charge in [-0.1, -0.05) is 24.3 Å². The number of nitrogens with zero attached hydrogens (tertiary/aromatic N) is 2. The summed E-state index contributed by atoms with van der Waals surface area (Å²) >= 11 is 0. The first kappa shape index (κ1) is 11.7. The second-order valence-electron chi connectivity index (χ2n) is 4.68. The van der Waals surface area contributed by atoms with Gasteiger partial charge in [0.15, 0.2) is 0 Å². The highest BCUT2D eigenvalue weighted by Crippen LogP contribution is 2.20. The Morgan fingerprint density at radius 2 is 2.00 bits per heavy atom. The van der Waals surface area contributed by atoms with Crippen molar-refractivity contribution < 1.29 is 0 Å². The first-order valence-electron chi connectivity index (χ1n) is 6.33. The van der Waals surface area contributed by atoms with Gasteiger partial charge in [0.1, 0.15) is 0 Å². The van der Waals surface area contributed by atoms with Gasteiger partial charge in [0.25, 0.3) is 0 Å². The fourth-order valence-electron chi connectivity index (χ4n) is 2.31. The van der Waals surface area contributed by atoms with Gasteiger partial charge in [0, 0.05) is 24.3 Å². The molecule has 0 fully saturated rings. The van der Waals surface area contributed by atoms with Gasteiger partial charge in [-0.05, 0) is 24.8 Å². The van der Waals surface area contributed by atoms with E-state index in [1.165, 1.54) is 16.3 Å². The summed E-state index contributed by atoms with van der Waals surface area (Å²) in [6.07, 6.45) is 3.81. The van der Waals surface area contributed by atoms with Crippen LogP contribution in [0.1, 0.15) is 17.0 Å². The van der Waals surface area contributed by atoms with Gasteiger partial charge in [-0.25, -0.2) is 0 Å². The van der Waals surface area contributed by atoms with Gasteiger partial charge in [0.05, 0.1) is 17.1 Å². The lowest BCUT2D eigenvalue weighted by molar-refractivity contribution is 1.02. The van der Waals surface area contributed by atoms with Crippen LogP contribution in [0.3, 0.4) is 0 Å². The third-order valence-corrected chi connectivity index (χ3v) is 3.33. The first-order valence-corrected chi connectivity index (χ1v) is 6.33. The first-order chi connectivity index (χ1) is 9.25. The molecule has 0 aliphatic rings. The zero-order valence-corrected chi connectivity index (χ0v) is 11.1. The molecule has 0 unspecified atom stereocenters. The maximum absolute atomic E-state index is 4.29. The number of aromatic nitrogens is 3. The number of anilines is 1. The number of benzene rings is 1. The fraction of sp³-hybridized carbons (Fsp3) is 0.200. The number of nitrogens with one attached hydrogen (secondary N) is 2. The zero-order chi connectivity index (χ0) is 13.2. The molecule has 4 heteroatoms. The van der Waals surface area contributed by atoms with Gasteiger partial charge >= 0.3 is 0 Å². The SMILES string of the molecule is Cc1n[nH]c(C)c1NCc1cncc2ccccc12. The average molecular weight is 252 g/mol. The Morgan fingerprint density at radius 1 is 1.16 bits per heavy atom. The monoisotopic (exact) mass is 252 g/mol. The standard InChI is InChI=1S/C15H16N4/c1-10-15(11(2)19-18-10)17-9-13-8-16-7-12-5-3-4-6-14(12)13/h3-8,17H,9H2,1-2H3,(H,18,19). The van der Waals surface area contributed by atoms with Crippen molar-refractivity contribution in [2.24, 2.45) is 0 Å². The third kappa shape index (κ3) is 2.17. The van der Waals surface area contributed by atoms with Crippen LogP contribution in [0, 0.1) is 13.8 Å². The van der Waals surface area contributed by atoms with Crippen LogP contribution in [-0.2, 0) is 6.54 Å². The summed E-state index contributed by atoms with van der Waals surface area (Å²) in [6, 6.07) is 8.30. The van der Waals surface area contributed by atoms with Gasteiger partial charge in [-0.3, -0.25) is 10.1 Å². The number of aromatic amines is 1. The Balaban J connectivity index is 1.90. The predicted molar refractivity (Wildman–Crippen MR) is 77.1 cm³/mol. The number of aryl methyl sites for hydroxylation is 2. The number of hydrogen-bond acceptors (Lipinski definition) is 3. The maximum atomic E-state index is 4.29. The normalized spacial score (nSPS) is 10.8. The molecular formula is C15H16N4. The van der Waals surface area contributed by atoms with Gasteiger partial charge in [-0.15, -0.1) is 0 Å². The summed E-state index contributed by atoms with van der Waals surface area (Å²) in [6.45, 7) is 4.76. The Bertz CT molecular complexity index is 690. The number of pyridine rings is 1. The van der Waals surface area contributed by atoms with Crippen molar-refractivity contribution in [2.45, 2.75) is 20.4 Å². The molecule has 0 saturated heterocycles. The van der Waals surface area contributed by atoms with E-state index in [1.54, 1.807) is 0 Å². The lowest BCUT2D eigenvalue weighted by Gasteiger charge is -2.09. The predicted octanol–water partition coefficient (Wildman–Crippen LogP) is 3.19. The molecule has 0 amide bonds. The lowest BCUT2D eigenvalue weighted by Crippen LogP contribution is -2.02. The molecule has 0 spiro atoms. The Morgan fingerprint density at radius 3 is 2.79 bits per heavy atom. The Hall–Kier alpha value is -2.36. The van der Waals surface area contributed by atoms with Crippen LogP contribution in [0.15, 0.2) is 36.7 Å². The van der Waals surface area contributed by atoms with E-state index < -0.39 is 0 Å². The number of fused-ring (bicyclic) bond motifs is 1. The molecule has 2 aromatic heterocycles. The molecule has 96 valence electrons. The molecular weight excluding hydrogens is 236 g/mol. The molecule has 0 saturated carbocycles. The molecule has 2 heterocycles. The minimum Gasteiger partial charge on any atom is -0.378 e. The van der Waals surface area contributed by atoms with E-state index in [0.717, 1.165) is 23.6 Å². The van der Waals surface area contributed by atoms with Crippen LogP contribution in [0.4, 0.5) is 5.69 Å². The second kappa shape index (κ2) is 4.72. The molecule has 0 atom stereocenters. The molecule has 19 heavy (non-hydrogen) atoms. The smallest absolute Gasteiger partial charge is 0.0825 e. The topological polar surface area (TPSA) is 53.6 Å². The molecule has 0 radical (unpaired) electrons. The third-order valence-electron chi connectivity index (χ3n) is 3.33. The quantitative estimate of drug-likeness (QED) is 0.752. The average Bonchev–Trinajstić information content (AvgIpc) is 2.76. The Kier molecular flexibility index (Phi) is 2.91. The summed E-state index contributed by atoms with van der Waals surface area (Å²) in [4.78, 5) is 4.29. The highest BCUT2D eigenvalue weighted by Gasteiger charge is 2.06. The van der Waals surface area contributed by atoms with Gasteiger partial charge < -0.3 is 5.32 Å². The summed E-state index contributed by atoms with van der Waals surface area (Å²) < 4.78 is 0. The van der Waals surface area contributed by atoms with Crippen LogP contribution >= 0.6 is 0 Å². The maximum Gasteiger partial charge on any atom is 0.0825 e. The lowest BCUT2D eigenvalue weighted by atomic mass is 10.1. The zero-order valence-electron chi connectivity index (χ0n) is 11.1. The summed E-state index contributed by atoms with van der Waals surface area (Å²) in [5, 5.41) is 13.0. The minimum atomic E-state index is 0.746. The van der Waals surface area contributed by atoms with Crippen molar-refractivity contribution in [1.82, 2.24) is 15.2 Å². The summed E-state index contributed by atoms with van der Waals surface area (Å²) in [5.74, 6) is 0. The van der Waals surface area contributed by atoms with Crippen molar-refractivity contribution in [1.29, 1.82) is 0 Å². The van der Waals surface area contributed by atoms with E-state index in [9.17, 15) is 0 Å². The molecule has 0 aliphatic heterocycles. The van der Waals surface area contributed by atoms with E-state index in [0.29, 0.717) is 0 Å². The largest absolute Gasteiger partial charge is 0.378 e. The molecule has 2 N–H and O–H groups in total. The molecule has 1 aromatic carbocycles. The molecule has 0 bridgehead atoms. The van der Waals surface area contributed by atoms with E-state index >= 15 is 0 Å². The highest BCUT2D eigenvalue weighted by atomic mass is 15.1. The van der Waals surface area contributed by atoms with Crippen molar-refractivity contribution in [3.63, 3.8) is 0 Å². The number of rotatable bonds is 3. The molecule has 0 aliphatic carbocycles. The van der Waals surface area contributed by atoms with Crippen LogP contribution in [0.2, 0.25) is 0 Å². The van der Waals surface area contributed by atoms with E-state index in [2.05, 4.69) is 38.7 Å². The van der Waals surface area contributed by atoms with Crippen LogP contribution in [0.5, 0.6) is 0 Å². The van der Waals surface area contributed by atoms with Gasteiger partial charge in [-0.2, -0.15) is 5.10 Å². The van der Waals surface area contributed by atoms with Crippen molar-refractivity contribution >= 4 is 16.5 Å². The van der Waals surface area contributed by atoms with Crippen LogP contribution in [0.25, 0.3) is 10.8 Å². The van der Waals surface area contributed by atoms with Crippen molar-refractivity contribution in [3.8, 4) is 0 Å². The van der Waals surface area contributed by atoms with Crippen molar-refractivity contribution in [3.05, 3.63) is 53.6 Å². The number of H-pyrrole nitrogens is 1. The van der Waals surface area contributed by atoms with Crippen LogP contribution < -0.4 is 5.32 Å². The Labute approximate surface area is 111 Å².